The van der Waals surface area contributed by atoms with Gasteiger partial charge in [-0.3, -0.25) is 4.79 Å². The van der Waals surface area contributed by atoms with Gasteiger partial charge in [0.2, 0.25) is 0 Å². The van der Waals surface area contributed by atoms with Crippen LogP contribution in [0.4, 0.5) is 0 Å². The van der Waals surface area contributed by atoms with Crippen LogP contribution in [0.2, 0.25) is 0 Å². The molecule has 0 fully saturated rings. The fraction of sp³-hybridized carbons (Fsp3) is 0.176. The van der Waals surface area contributed by atoms with Crippen LogP contribution in [0.25, 0.3) is 0 Å². The van der Waals surface area contributed by atoms with Gasteiger partial charge < -0.3 is 5.11 Å². The number of aromatic hydroxyl groups is 1. The Morgan fingerprint density at radius 1 is 1.10 bits per heavy atom. The second kappa shape index (κ2) is 6.22. The lowest BCUT2D eigenvalue weighted by Crippen LogP contribution is -2.19. The molecule has 0 bridgehead atoms. The Kier molecular flexibility index (Phi) is 4.38. The third-order valence-corrected chi connectivity index (χ3v) is 3.25. The maximum atomic E-state index is 12.0. The van der Waals surface area contributed by atoms with E-state index in [1.165, 1.54) is 11.6 Å². The molecule has 0 aliphatic carbocycles. The van der Waals surface area contributed by atoms with Crippen molar-refractivity contribution in [2.24, 2.45) is 5.10 Å². The lowest BCUT2D eigenvalue weighted by Gasteiger charge is -2.07. The van der Waals surface area contributed by atoms with Crippen LogP contribution >= 0.6 is 0 Å². The number of aryl methyl sites for hydroxylation is 2. The van der Waals surface area contributed by atoms with Gasteiger partial charge in [0.15, 0.2) is 0 Å². The van der Waals surface area contributed by atoms with Crippen LogP contribution in [0.15, 0.2) is 47.6 Å². The van der Waals surface area contributed by atoms with E-state index in [4.69, 9.17) is 0 Å². The van der Waals surface area contributed by atoms with Crippen molar-refractivity contribution >= 4 is 11.6 Å². The Balaban J connectivity index is 2.17. The van der Waals surface area contributed by atoms with Gasteiger partial charge in [0.1, 0.15) is 5.75 Å². The molecule has 2 aromatic rings. The largest absolute Gasteiger partial charge is 0.507 e. The predicted molar refractivity (Wildman–Crippen MR) is 83.7 cm³/mol. The molecule has 0 unspecified atom stereocenters. The summed E-state index contributed by atoms with van der Waals surface area (Å²) in [5.74, 6) is -0.494. The second-order valence-electron chi connectivity index (χ2n) is 4.97. The number of carbonyl (C=O) groups excluding carboxylic acids is 1. The summed E-state index contributed by atoms with van der Waals surface area (Å²) in [6, 6.07) is 12.4. The molecular weight excluding hydrogens is 264 g/mol. The summed E-state index contributed by atoms with van der Waals surface area (Å²) in [5.41, 5.74) is 6.66. The SMILES string of the molecule is C/C(=N\NC(=O)c1ccccc1O)c1ccc(C)cc1C. The van der Waals surface area contributed by atoms with Crippen molar-refractivity contribution in [2.75, 3.05) is 0 Å². The number of phenols is 1. The van der Waals surface area contributed by atoms with Gasteiger partial charge in [0.05, 0.1) is 11.3 Å². The van der Waals surface area contributed by atoms with Crippen molar-refractivity contribution in [1.82, 2.24) is 5.43 Å². The van der Waals surface area contributed by atoms with E-state index in [0.717, 1.165) is 16.8 Å². The molecule has 2 N–H and O–H groups in total. The smallest absolute Gasteiger partial charge is 0.275 e. The number of benzene rings is 2. The summed E-state index contributed by atoms with van der Waals surface area (Å²) in [4.78, 5) is 12.0. The third kappa shape index (κ3) is 3.48. The molecule has 1 amide bonds. The number of phenolic OH excluding ortho intramolecular Hbond substituents is 1. The molecule has 2 rings (SSSR count). The van der Waals surface area contributed by atoms with Crippen LogP contribution in [0.1, 0.15) is 34.0 Å². The van der Waals surface area contributed by atoms with Gasteiger partial charge >= 0.3 is 0 Å². The molecule has 0 spiro atoms. The molecule has 0 aliphatic heterocycles. The average molecular weight is 282 g/mol. The first-order valence-electron chi connectivity index (χ1n) is 6.69. The number of hydrazone groups is 1. The number of hydrogen-bond acceptors (Lipinski definition) is 3. The number of rotatable bonds is 3. The van der Waals surface area contributed by atoms with Crippen molar-refractivity contribution in [2.45, 2.75) is 20.8 Å². The minimum absolute atomic E-state index is 0.0608. The fourth-order valence-corrected chi connectivity index (χ4v) is 2.14. The van der Waals surface area contributed by atoms with Gasteiger partial charge in [0.25, 0.3) is 5.91 Å². The highest BCUT2D eigenvalue weighted by Crippen LogP contribution is 2.15. The van der Waals surface area contributed by atoms with E-state index < -0.39 is 5.91 Å². The number of nitrogens with zero attached hydrogens (tertiary/aromatic N) is 1. The van der Waals surface area contributed by atoms with Gasteiger partial charge in [-0.2, -0.15) is 5.10 Å². The van der Waals surface area contributed by atoms with Crippen LogP contribution in [-0.4, -0.2) is 16.7 Å². The van der Waals surface area contributed by atoms with Crippen molar-refractivity contribution in [3.8, 4) is 5.75 Å². The van der Waals surface area contributed by atoms with Crippen molar-refractivity contribution in [3.05, 3.63) is 64.7 Å². The molecule has 21 heavy (non-hydrogen) atoms. The summed E-state index contributed by atoms with van der Waals surface area (Å²) in [6.07, 6.45) is 0. The molecule has 0 heterocycles. The van der Waals surface area contributed by atoms with Crippen LogP contribution < -0.4 is 5.43 Å². The molecular formula is C17H18N2O2. The predicted octanol–water partition coefficient (Wildman–Crippen LogP) is 3.16. The molecule has 2 aromatic carbocycles. The average Bonchev–Trinajstić information content (AvgIpc) is 2.45. The number of amides is 1. The van der Waals surface area contributed by atoms with Crippen molar-refractivity contribution in [1.29, 1.82) is 0 Å². The zero-order chi connectivity index (χ0) is 15.4. The van der Waals surface area contributed by atoms with Crippen LogP contribution in [0.3, 0.4) is 0 Å². The van der Waals surface area contributed by atoms with E-state index in [1.54, 1.807) is 18.2 Å². The van der Waals surface area contributed by atoms with Gasteiger partial charge in [-0.15, -0.1) is 0 Å². The van der Waals surface area contributed by atoms with Gasteiger partial charge in [0, 0.05) is 5.56 Å². The van der Waals surface area contributed by atoms with Crippen molar-refractivity contribution < 1.29 is 9.90 Å². The maximum Gasteiger partial charge on any atom is 0.275 e. The molecule has 4 heteroatoms. The first-order chi connectivity index (χ1) is 9.99. The summed E-state index contributed by atoms with van der Waals surface area (Å²) < 4.78 is 0. The van der Waals surface area contributed by atoms with Gasteiger partial charge in [-0.1, -0.05) is 35.9 Å². The summed E-state index contributed by atoms with van der Waals surface area (Å²) in [7, 11) is 0. The minimum atomic E-state index is -0.433. The van der Waals surface area contributed by atoms with E-state index in [2.05, 4.69) is 16.6 Å². The fourth-order valence-electron chi connectivity index (χ4n) is 2.14. The van der Waals surface area contributed by atoms with Crippen LogP contribution in [-0.2, 0) is 0 Å². The standard InChI is InChI=1S/C17H18N2O2/c1-11-8-9-14(12(2)10-11)13(3)18-19-17(21)15-6-4-5-7-16(15)20/h4-10,20H,1-3H3,(H,19,21)/b18-13+. The Labute approximate surface area is 124 Å². The number of nitrogens with one attached hydrogen (secondary N) is 1. The Bertz CT molecular complexity index is 706. The molecule has 4 nitrogen and oxygen atoms in total. The second-order valence-corrected chi connectivity index (χ2v) is 4.97. The molecule has 0 saturated heterocycles. The zero-order valence-electron chi connectivity index (χ0n) is 12.3. The first-order valence-corrected chi connectivity index (χ1v) is 6.69. The van der Waals surface area contributed by atoms with E-state index in [1.807, 2.05) is 32.9 Å². The molecule has 0 saturated carbocycles. The molecule has 108 valence electrons. The van der Waals surface area contributed by atoms with Crippen LogP contribution in [0, 0.1) is 13.8 Å². The highest BCUT2D eigenvalue weighted by atomic mass is 16.3. The molecule has 0 aromatic heterocycles. The highest BCUT2D eigenvalue weighted by Gasteiger charge is 2.09. The molecule has 0 atom stereocenters. The Morgan fingerprint density at radius 3 is 2.48 bits per heavy atom. The minimum Gasteiger partial charge on any atom is -0.507 e. The normalized spacial score (nSPS) is 11.3. The van der Waals surface area contributed by atoms with E-state index >= 15 is 0 Å². The number of carbonyl (C=O) groups is 1. The maximum absolute atomic E-state index is 12.0. The number of para-hydroxylation sites is 1. The molecule has 0 aliphatic rings. The monoisotopic (exact) mass is 282 g/mol. The van der Waals surface area contributed by atoms with E-state index in [9.17, 15) is 9.90 Å². The van der Waals surface area contributed by atoms with Gasteiger partial charge in [-0.25, -0.2) is 5.43 Å². The lowest BCUT2D eigenvalue weighted by molar-refractivity contribution is 0.0952. The number of hydrogen-bond donors (Lipinski definition) is 2. The Morgan fingerprint density at radius 2 is 1.81 bits per heavy atom. The van der Waals surface area contributed by atoms with Gasteiger partial charge in [-0.05, 0) is 38.5 Å². The Hall–Kier alpha value is -2.62. The summed E-state index contributed by atoms with van der Waals surface area (Å²) in [5, 5.41) is 13.7. The first kappa shape index (κ1) is 14.8. The van der Waals surface area contributed by atoms with Crippen molar-refractivity contribution in [3.63, 3.8) is 0 Å². The zero-order valence-corrected chi connectivity index (χ0v) is 12.3. The quantitative estimate of drug-likeness (QED) is 0.671. The lowest BCUT2D eigenvalue weighted by atomic mass is 10.0. The van der Waals surface area contributed by atoms with E-state index in [-0.39, 0.29) is 11.3 Å². The third-order valence-electron chi connectivity index (χ3n) is 3.25. The highest BCUT2D eigenvalue weighted by molar-refractivity contribution is 6.02. The van der Waals surface area contributed by atoms with E-state index in [0.29, 0.717) is 0 Å². The summed E-state index contributed by atoms with van der Waals surface area (Å²) in [6.45, 7) is 5.87. The molecule has 0 radical (unpaired) electrons. The summed E-state index contributed by atoms with van der Waals surface area (Å²) >= 11 is 0. The topological polar surface area (TPSA) is 61.7 Å². The van der Waals surface area contributed by atoms with Crippen LogP contribution in [0.5, 0.6) is 5.75 Å².